The number of carbonyl (C=O) groups excluding carboxylic acids is 1. The van der Waals surface area contributed by atoms with E-state index in [9.17, 15) is 9.90 Å². The van der Waals surface area contributed by atoms with Gasteiger partial charge in [-0.15, -0.1) is 0 Å². The zero-order valence-corrected chi connectivity index (χ0v) is 11.8. The number of carbonyl (C=O) groups is 1. The zero-order chi connectivity index (χ0) is 14.5. The first-order valence-electron chi connectivity index (χ1n) is 6.68. The molecule has 0 spiro atoms. The lowest BCUT2D eigenvalue weighted by molar-refractivity contribution is -0.115. The fourth-order valence-corrected chi connectivity index (χ4v) is 1.94. The molecule has 0 aliphatic rings. The summed E-state index contributed by atoms with van der Waals surface area (Å²) in [7, 11) is 0. The van der Waals surface area contributed by atoms with Gasteiger partial charge in [0.05, 0.1) is 12.5 Å². The van der Waals surface area contributed by atoms with Gasteiger partial charge in [-0.3, -0.25) is 4.79 Å². The molecule has 1 atom stereocenters. The number of aliphatic hydroxyl groups excluding tert-OH is 1. The highest BCUT2D eigenvalue weighted by Crippen LogP contribution is 2.16. The second-order valence-corrected chi connectivity index (χ2v) is 5.01. The number of amides is 1. The predicted octanol–water partition coefficient (Wildman–Crippen LogP) is 3.23. The Morgan fingerprint density at radius 1 is 1.10 bits per heavy atom. The largest absolute Gasteiger partial charge is 0.389 e. The molecule has 0 bridgehead atoms. The van der Waals surface area contributed by atoms with Crippen molar-refractivity contribution in [1.29, 1.82) is 0 Å². The molecule has 0 saturated heterocycles. The standard InChI is InChI=1S/C17H19NO2/c1-12-3-5-14(6-4-12)11-17(20)18-16-9-7-15(8-10-16)13(2)19/h3-10,13,19H,11H2,1-2H3,(H,18,20). The molecule has 0 heterocycles. The van der Waals surface area contributed by atoms with Crippen molar-refractivity contribution in [3.05, 3.63) is 65.2 Å². The molecule has 0 saturated carbocycles. The topological polar surface area (TPSA) is 49.3 Å². The van der Waals surface area contributed by atoms with E-state index in [-0.39, 0.29) is 5.91 Å². The first-order chi connectivity index (χ1) is 9.54. The Hall–Kier alpha value is -2.13. The number of benzene rings is 2. The van der Waals surface area contributed by atoms with Gasteiger partial charge >= 0.3 is 0 Å². The Morgan fingerprint density at radius 3 is 2.25 bits per heavy atom. The predicted molar refractivity (Wildman–Crippen MR) is 80.6 cm³/mol. The Kier molecular flexibility index (Phi) is 4.53. The average molecular weight is 269 g/mol. The highest BCUT2D eigenvalue weighted by atomic mass is 16.3. The maximum Gasteiger partial charge on any atom is 0.228 e. The van der Waals surface area contributed by atoms with Crippen LogP contribution in [-0.2, 0) is 11.2 Å². The van der Waals surface area contributed by atoms with Gasteiger partial charge in [-0.1, -0.05) is 42.0 Å². The quantitative estimate of drug-likeness (QED) is 0.895. The van der Waals surface area contributed by atoms with Gasteiger partial charge in [-0.25, -0.2) is 0 Å². The summed E-state index contributed by atoms with van der Waals surface area (Å²) in [6.45, 7) is 3.73. The Balaban J connectivity index is 1.95. The van der Waals surface area contributed by atoms with Crippen molar-refractivity contribution in [3.63, 3.8) is 0 Å². The first-order valence-corrected chi connectivity index (χ1v) is 6.68. The molecule has 20 heavy (non-hydrogen) atoms. The SMILES string of the molecule is Cc1ccc(CC(=O)Nc2ccc(C(C)O)cc2)cc1. The molecular weight excluding hydrogens is 250 g/mol. The molecule has 0 aliphatic heterocycles. The van der Waals surface area contributed by atoms with E-state index in [0.717, 1.165) is 16.8 Å². The van der Waals surface area contributed by atoms with Crippen molar-refractivity contribution in [2.45, 2.75) is 26.4 Å². The number of rotatable bonds is 4. The number of aliphatic hydroxyl groups is 1. The zero-order valence-electron chi connectivity index (χ0n) is 11.8. The molecule has 1 unspecified atom stereocenters. The van der Waals surface area contributed by atoms with Gasteiger partial charge in [-0.2, -0.15) is 0 Å². The Morgan fingerprint density at radius 2 is 1.70 bits per heavy atom. The van der Waals surface area contributed by atoms with Crippen molar-refractivity contribution in [2.75, 3.05) is 5.32 Å². The molecule has 2 N–H and O–H groups in total. The summed E-state index contributed by atoms with van der Waals surface area (Å²) < 4.78 is 0. The van der Waals surface area contributed by atoms with Crippen molar-refractivity contribution in [2.24, 2.45) is 0 Å². The van der Waals surface area contributed by atoms with E-state index in [1.807, 2.05) is 43.3 Å². The number of hydrogen-bond donors (Lipinski definition) is 2. The van der Waals surface area contributed by atoms with E-state index in [1.54, 1.807) is 19.1 Å². The molecule has 0 radical (unpaired) electrons. The van der Waals surface area contributed by atoms with Gasteiger partial charge in [0.25, 0.3) is 0 Å². The summed E-state index contributed by atoms with van der Waals surface area (Å²) in [4.78, 5) is 11.9. The average Bonchev–Trinajstić information content (AvgIpc) is 2.42. The van der Waals surface area contributed by atoms with Crippen LogP contribution in [0.25, 0.3) is 0 Å². The molecule has 0 aromatic heterocycles. The van der Waals surface area contributed by atoms with Gasteiger partial charge in [0.1, 0.15) is 0 Å². The van der Waals surface area contributed by atoms with Crippen LogP contribution in [-0.4, -0.2) is 11.0 Å². The fraction of sp³-hybridized carbons (Fsp3) is 0.235. The lowest BCUT2D eigenvalue weighted by Crippen LogP contribution is -2.14. The summed E-state index contributed by atoms with van der Waals surface area (Å²) in [5.41, 5.74) is 3.75. The van der Waals surface area contributed by atoms with Crippen LogP contribution in [0, 0.1) is 6.92 Å². The second-order valence-electron chi connectivity index (χ2n) is 5.01. The van der Waals surface area contributed by atoms with Crippen molar-refractivity contribution < 1.29 is 9.90 Å². The van der Waals surface area contributed by atoms with Crippen molar-refractivity contribution in [3.8, 4) is 0 Å². The van der Waals surface area contributed by atoms with Crippen LogP contribution in [0.5, 0.6) is 0 Å². The van der Waals surface area contributed by atoms with Crippen molar-refractivity contribution >= 4 is 11.6 Å². The van der Waals surface area contributed by atoms with Gasteiger partial charge < -0.3 is 10.4 Å². The van der Waals surface area contributed by atoms with Gasteiger partial charge in [0, 0.05) is 5.69 Å². The van der Waals surface area contributed by atoms with E-state index < -0.39 is 6.10 Å². The number of anilines is 1. The number of hydrogen-bond acceptors (Lipinski definition) is 2. The Bertz CT molecular complexity index is 571. The smallest absolute Gasteiger partial charge is 0.228 e. The maximum absolute atomic E-state index is 11.9. The Labute approximate surface area is 119 Å². The van der Waals surface area contributed by atoms with Gasteiger partial charge in [0.2, 0.25) is 5.91 Å². The molecule has 3 heteroatoms. The molecule has 2 rings (SSSR count). The normalized spacial score (nSPS) is 11.9. The van der Waals surface area contributed by atoms with Crippen LogP contribution in [0.4, 0.5) is 5.69 Å². The summed E-state index contributed by atoms with van der Waals surface area (Å²) >= 11 is 0. The lowest BCUT2D eigenvalue weighted by Gasteiger charge is -2.08. The minimum atomic E-state index is -0.493. The number of nitrogens with one attached hydrogen (secondary N) is 1. The molecule has 1 amide bonds. The lowest BCUT2D eigenvalue weighted by atomic mass is 10.1. The fourth-order valence-electron chi connectivity index (χ4n) is 1.94. The van der Waals surface area contributed by atoms with Gasteiger partial charge in [0.15, 0.2) is 0 Å². The van der Waals surface area contributed by atoms with E-state index >= 15 is 0 Å². The molecule has 104 valence electrons. The third kappa shape index (κ3) is 3.93. The van der Waals surface area contributed by atoms with E-state index in [2.05, 4.69) is 5.32 Å². The molecule has 3 nitrogen and oxygen atoms in total. The minimum absolute atomic E-state index is 0.0429. The molecule has 0 aliphatic carbocycles. The summed E-state index contributed by atoms with van der Waals surface area (Å²) in [5, 5.41) is 12.3. The molecule has 0 fully saturated rings. The van der Waals surface area contributed by atoms with Gasteiger partial charge in [-0.05, 0) is 37.1 Å². The van der Waals surface area contributed by atoms with Crippen LogP contribution >= 0.6 is 0 Å². The monoisotopic (exact) mass is 269 g/mol. The van der Waals surface area contributed by atoms with Crippen LogP contribution in [0.3, 0.4) is 0 Å². The highest BCUT2D eigenvalue weighted by Gasteiger charge is 2.05. The summed E-state index contributed by atoms with van der Waals surface area (Å²) in [6, 6.07) is 15.2. The third-order valence-electron chi connectivity index (χ3n) is 3.16. The molecule has 2 aromatic carbocycles. The number of aryl methyl sites for hydroxylation is 1. The van der Waals surface area contributed by atoms with Crippen LogP contribution < -0.4 is 5.32 Å². The van der Waals surface area contributed by atoms with E-state index in [4.69, 9.17) is 0 Å². The third-order valence-corrected chi connectivity index (χ3v) is 3.16. The van der Waals surface area contributed by atoms with Crippen LogP contribution in [0.15, 0.2) is 48.5 Å². The first kappa shape index (κ1) is 14.3. The second kappa shape index (κ2) is 6.35. The molecular formula is C17H19NO2. The maximum atomic E-state index is 11.9. The van der Waals surface area contributed by atoms with E-state index in [1.165, 1.54) is 5.56 Å². The van der Waals surface area contributed by atoms with Crippen LogP contribution in [0.1, 0.15) is 29.7 Å². The molecule has 2 aromatic rings. The van der Waals surface area contributed by atoms with Crippen molar-refractivity contribution in [1.82, 2.24) is 0 Å². The highest BCUT2D eigenvalue weighted by molar-refractivity contribution is 5.92. The summed E-state index contributed by atoms with van der Waals surface area (Å²) in [6.07, 6.45) is -0.134. The van der Waals surface area contributed by atoms with Crippen LogP contribution in [0.2, 0.25) is 0 Å². The van der Waals surface area contributed by atoms with E-state index in [0.29, 0.717) is 6.42 Å². The summed E-state index contributed by atoms with van der Waals surface area (Å²) in [5.74, 6) is -0.0429. The minimum Gasteiger partial charge on any atom is -0.389 e.